The van der Waals surface area contributed by atoms with Gasteiger partial charge in [-0.3, -0.25) is 4.79 Å². The van der Waals surface area contributed by atoms with E-state index in [0.29, 0.717) is 19.1 Å². The summed E-state index contributed by atoms with van der Waals surface area (Å²) in [4.78, 5) is 13.4. The number of amides is 1. The summed E-state index contributed by atoms with van der Waals surface area (Å²) in [6.45, 7) is 4.97. The van der Waals surface area contributed by atoms with Crippen molar-refractivity contribution in [2.75, 3.05) is 27.2 Å². The lowest BCUT2D eigenvalue weighted by Crippen LogP contribution is -2.41. The second kappa shape index (κ2) is 5.94. The third-order valence-electron chi connectivity index (χ3n) is 2.25. The lowest BCUT2D eigenvalue weighted by Gasteiger charge is -2.20. The molecule has 1 amide bonds. The van der Waals surface area contributed by atoms with Crippen LogP contribution in [0.1, 0.15) is 13.8 Å². The van der Waals surface area contributed by atoms with Gasteiger partial charge >= 0.3 is 0 Å². The first-order valence-electron chi connectivity index (χ1n) is 4.63. The Morgan fingerprint density at radius 2 is 2.00 bits per heavy atom. The number of hydrogen-bond donors (Lipinski definition) is 2. The van der Waals surface area contributed by atoms with Gasteiger partial charge in [0, 0.05) is 25.0 Å². The third kappa shape index (κ3) is 4.85. The first kappa shape index (κ1) is 12.4. The van der Waals surface area contributed by atoms with E-state index >= 15 is 0 Å². The fourth-order valence-corrected chi connectivity index (χ4v) is 0.712. The van der Waals surface area contributed by atoms with Crippen molar-refractivity contribution in [2.45, 2.75) is 19.9 Å². The number of carbonyl (C=O) groups is 1. The van der Waals surface area contributed by atoms with Crippen LogP contribution in [-0.4, -0.2) is 44.0 Å². The molecule has 78 valence electrons. The van der Waals surface area contributed by atoms with Crippen molar-refractivity contribution in [1.82, 2.24) is 10.2 Å². The molecule has 4 nitrogen and oxygen atoms in total. The number of nitrogens with zero attached hydrogens (tertiary/aromatic N) is 1. The molecule has 0 spiro atoms. The SMILES string of the molecule is CC(CN)C(=O)NCC(C)N(C)C. The first-order valence-corrected chi connectivity index (χ1v) is 4.63. The highest BCUT2D eigenvalue weighted by Gasteiger charge is 2.11. The van der Waals surface area contributed by atoms with Crippen molar-refractivity contribution < 1.29 is 4.79 Å². The van der Waals surface area contributed by atoms with E-state index in [1.165, 1.54) is 0 Å². The van der Waals surface area contributed by atoms with Gasteiger partial charge in [0.05, 0.1) is 0 Å². The number of rotatable bonds is 5. The van der Waals surface area contributed by atoms with E-state index < -0.39 is 0 Å². The van der Waals surface area contributed by atoms with E-state index in [0.717, 1.165) is 0 Å². The van der Waals surface area contributed by atoms with Crippen molar-refractivity contribution in [3.63, 3.8) is 0 Å². The number of likely N-dealkylation sites (N-methyl/N-ethyl adjacent to an activating group) is 1. The number of hydrogen-bond acceptors (Lipinski definition) is 3. The molecule has 0 heterocycles. The highest BCUT2D eigenvalue weighted by molar-refractivity contribution is 5.78. The Hall–Kier alpha value is -0.610. The van der Waals surface area contributed by atoms with Crippen molar-refractivity contribution in [3.05, 3.63) is 0 Å². The number of nitrogens with one attached hydrogen (secondary N) is 1. The van der Waals surface area contributed by atoms with Gasteiger partial charge in [0.2, 0.25) is 5.91 Å². The smallest absolute Gasteiger partial charge is 0.224 e. The van der Waals surface area contributed by atoms with Gasteiger partial charge in [0.25, 0.3) is 0 Å². The molecule has 0 saturated heterocycles. The van der Waals surface area contributed by atoms with Gasteiger partial charge < -0.3 is 16.0 Å². The maximum atomic E-state index is 11.3. The topological polar surface area (TPSA) is 58.4 Å². The fourth-order valence-electron chi connectivity index (χ4n) is 0.712. The minimum atomic E-state index is -0.0886. The Morgan fingerprint density at radius 3 is 2.38 bits per heavy atom. The Kier molecular flexibility index (Phi) is 5.66. The Bertz CT molecular complexity index is 159. The predicted octanol–water partition coefficient (Wildman–Crippen LogP) is -0.352. The van der Waals surface area contributed by atoms with Crippen LogP contribution in [0, 0.1) is 5.92 Å². The molecule has 13 heavy (non-hydrogen) atoms. The zero-order chi connectivity index (χ0) is 10.4. The molecule has 0 aliphatic heterocycles. The van der Waals surface area contributed by atoms with E-state index in [-0.39, 0.29) is 11.8 Å². The number of carbonyl (C=O) groups excluding carboxylic acids is 1. The largest absolute Gasteiger partial charge is 0.354 e. The minimum Gasteiger partial charge on any atom is -0.354 e. The van der Waals surface area contributed by atoms with Gasteiger partial charge in [-0.2, -0.15) is 0 Å². The summed E-state index contributed by atoms with van der Waals surface area (Å²) in [6, 6.07) is 0.355. The third-order valence-corrected chi connectivity index (χ3v) is 2.25. The highest BCUT2D eigenvalue weighted by Crippen LogP contribution is 1.93. The second-order valence-electron chi connectivity index (χ2n) is 3.69. The van der Waals surface area contributed by atoms with Crippen LogP contribution in [0.25, 0.3) is 0 Å². The molecule has 0 aromatic carbocycles. The van der Waals surface area contributed by atoms with Gasteiger partial charge in [-0.15, -0.1) is 0 Å². The van der Waals surface area contributed by atoms with Crippen LogP contribution in [0.15, 0.2) is 0 Å². The zero-order valence-electron chi connectivity index (χ0n) is 9.00. The van der Waals surface area contributed by atoms with Crippen LogP contribution in [0.5, 0.6) is 0 Å². The van der Waals surface area contributed by atoms with Crippen LogP contribution in [0.2, 0.25) is 0 Å². The molecule has 2 atom stereocenters. The summed E-state index contributed by atoms with van der Waals surface area (Å²) < 4.78 is 0. The summed E-state index contributed by atoms with van der Waals surface area (Å²) in [7, 11) is 3.98. The standard InChI is InChI=1S/C9H21N3O/c1-7(5-10)9(13)11-6-8(2)12(3)4/h7-8H,5-6,10H2,1-4H3,(H,11,13). The van der Waals surface area contributed by atoms with E-state index in [1.807, 2.05) is 21.0 Å². The van der Waals surface area contributed by atoms with Crippen molar-refractivity contribution in [3.8, 4) is 0 Å². The van der Waals surface area contributed by atoms with Crippen molar-refractivity contribution in [1.29, 1.82) is 0 Å². The predicted molar refractivity (Wildman–Crippen MR) is 54.4 cm³/mol. The molecule has 0 aliphatic rings. The molecule has 0 aromatic heterocycles. The van der Waals surface area contributed by atoms with E-state index in [1.54, 1.807) is 0 Å². The van der Waals surface area contributed by atoms with Crippen LogP contribution < -0.4 is 11.1 Å². The van der Waals surface area contributed by atoms with Crippen LogP contribution >= 0.6 is 0 Å². The lowest BCUT2D eigenvalue weighted by atomic mass is 10.1. The summed E-state index contributed by atoms with van der Waals surface area (Å²) in [6.07, 6.45) is 0. The zero-order valence-corrected chi connectivity index (χ0v) is 9.00. The molecule has 0 bridgehead atoms. The molecular formula is C9H21N3O. The van der Waals surface area contributed by atoms with Crippen LogP contribution in [0.3, 0.4) is 0 Å². The maximum Gasteiger partial charge on any atom is 0.224 e. The van der Waals surface area contributed by atoms with E-state index in [9.17, 15) is 4.79 Å². The monoisotopic (exact) mass is 187 g/mol. The molecule has 0 fully saturated rings. The lowest BCUT2D eigenvalue weighted by molar-refractivity contribution is -0.124. The molecule has 3 N–H and O–H groups in total. The average Bonchev–Trinajstić information content (AvgIpc) is 2.11. The normalized spacial score (nSPS) is 15.5. The van der Waals surface area contributed by atoms with Crippen LogP contribution in [-0.2, 0) is 4.79 Å². The van der Waals surface area contributed by atoms with Gasteiger partial charge in [-0.25, -0.2) is 0 Å². The van der Waals surface area contributed by atoms with Gasteiger partial charge in [0.1, 0.15) is 0 Å². The van der Waals surface area contributed by atoms with Crippen LogP contribution in [0.4, 0.5) is 0 Å². The quantitative estimate of drug-likeness (QED) is 0.618. The number of nitrogens with two attached hydrogens (primary N) is 1. The van der Waals surface area contributed by atoms with Gasteiger partial charge in [-0.05, 0) is 21.0 Å². The highest BCUT2D eigenvalue weighted by atomic mass is 16.1. The van der Waals surface area contributed by atoms with E-state index in [2.05, 4.69) is 17.1 Å². The summed E-state index contributed by atoms with van der Waals surface area (Å²) in [5.74, 6) is -0.0504. The van der Waals surface area contributed by atoms with Crippen molar-refractivity contribution >= 4 is 5.91 Å². The maximum absolute atomic E-state index is 11.3. The summed E-state index contributed by atoms with van der Waals surface area (Å²) >= 11 is 0. The Morgan fingerprint density at radius 1 is 1.46 bits per heavy atom. The Balaban J connectivity index is 3.70. The molecule has 4 heteroatoms. The summed E-state index contributed by atoms with van der Waals surface area (Å²) in [5.41, 5.74) is 5.37. The molecule has 0 radical (unpaired) electrons. The molecule has 0 rings (SSSR count). The first-order chi connectivity index (χ1) is 5.99. The Labute approximate surface area is 80.5 Å². The average molecular weight is 187 g/mol. The summed E-state index contributed by atoms with van der Waals surface area (Å²) in [5, 5.41) is 2.85. The van der Waals surface area contributed by atoms with E-state index in [4.69, 9.17) is 5.73 Å². The molecule has 2 unspecified atom stereocenters. The van der Waals surface area contributed by atoms with Crippen molar-refractivity contribution in [2.24, 2.45) is 11.7 Å². The fraction of sp³-hybridized carbons (Fsp3) is 0.889. The van der Waals surface area contributed by atoms with Gasteiger partial charge in [-0.1, -0.05) is 6.92 Å². The molecule has 0 aliphatic carbocycles. The second-order valence-corrected chi connectivity index (χ2v) is 3.69. The molecule has 0 aromatic rings. The molecule has 0 saturated carbocycles. The minimum absolute atomic E-state index is 0.0381. The van der Waals surface area contributed by atoms with Gasteiger partial charge in [0.15, 0.2) is 0 Å². The molecular weight excluding hydrogens is 166 g/mol.